The van der Waals surface area contributed by atoms with Gasteiger partial charge in [-0.05, 0) is 0 Å². The van der Waals surface area contributed by atoms with Crippen LogP contribution in [0.4, 0.5) is 14.5 Å². The molecule has 1 N–H and O–H groups in total. The minimum absolute atomic E-state index is 0.380. The first-order valence-electron chi connectivity index (χ1n) is 5.15. The monoisotopic (exact) mass is 241 g/mol. The Morgan fingerprint density at radius 3 is 2.76 bits per heavy atom. The van der Waals surface area contributed by atoms with Crippen LogP contribution in [0.2, 0.25) is 0 Å². The Labute approximate surface area is 97.0 Å². The molecule has 0 aliphatic carbocycles. The van der Waals surface area contributed by atoms with E-state index < -0.39 is 6.43 Å². The van der Waals surface area contributed by atoms with Crippen molar-refractivity contribution < 1.29 is 8.78 Å². The Hall–Kier alpha value is -1.92. The van der Waals surface area contributed by atoms with E-state index in [0.29, 0.717) is 6.54 Å². The Bertz CT molecular complexity index is 477. The van der Waals surface area contributed by atoms with Gasteiger partial charge in [0.1, 0.15) is 6.54 Å². The van der Waals surface area contributed by atoms with E-state index in [4.69, 9.17) is 0 Å². The van der Waals surface area contributed by atoms with Gasteiger partial charge >= 0.3 is 0 Å². The summed E-state index contributed by atoms with van der Waals surface area (Å²) in [6.07, 6.45) is 4.33. The standard InChI is InChI=1S/C10H13F2N5/c1-16-5-8(3-14-16)2-13-9-4-15-17(6-9)7-10(11)12/h3-6,10,13H,2,7H2,1H3. The highest BCUT2D eigenvalue weighted by Crippen LogP contribution is 2.08. The number of hydrogen-bond donors (Lipinski definition) is 1. The van der Waals surface area contributed by atoms with Crippen molar-refractivity contribution in [3.05, 3.63) is 30.4 Å². The molecule has 0 unspecified atom stereocenters. The van der Waals surface area contributed by atoms with Crippen molar-refractivity contribution in [2.45, 2.75) is 19.5 Å². The van der Waals surface area contributed by atoms with E-state index in [0.717, 1.165) is 11.3 Å². The van der Waals surface area contributed by atoms with Crippen molar-refractivity contribution in [3.8, 4) is 0 Å². The zero-order valence-corrected chi connectivity index (χ0v) is 9.35. The largest absolute Gasteiger partial charge is 0.378 e. The van der Waals surface area contributed by atoms with E-state index in [9.17, 15) is 8.78 Å². The summed E-state index contributed by atoms with van der Waals surface area (Å²) in [6.45, 7) is 0.211. The molecule has 0 aromatic carbocycles. The van der Waals surface area contributed by atoms with Crippen LogP contribution < -0.4 is 5.32 Å². The van der Waals surface area contributed by atoms with Crippen LogP contribution in [0.5, 0.6) is 0 Å². The van der Waals surface area contributed by atoms with Gasteiger partial charge in [-0.1, -0.05) is 0 Å². The SMILES string of the molecule is Cn1cc(CNc2cnn(CC(F)F)c2)cn1. The van der Waals surface area contributed by atoms with Gasteiger partial charge in [-0.15, -0.1) is 0 Å². The number of anilines is 1. The molecule has 0 saturated carbocycles. The maximum absolute atomic E-state index is 12.1. The van der Waals surface area contributed by atoms with Gasteiger partial charge in [0.15, 0.2) is 0 Å². The first-order valence-corrected chi connectivity index (χ1v) is 5.15. The lowest BCUT2D eigenvalue weighted by Crippen LogP contribution is -2.06. The first kappa shape index (κ1) is 11.6. The van der Waals surface area contributed by atoms with E-state index in [2.05, 4.69) is 15.5 Å². The number of nitrogens with one attached hydrogen (secondary N) is 1. The maximum atomic E-state index is 12.1. The maximum Gasteiger partial charge on any atom is 0.257 e. The topological polar surface area (TPSA) is 47.7 Å². The first-order chi connectivity index (χ1) is 8.13. The van der Waals surface area contributed by atoms with Crippen LogP contribution in [0.1, 0.15) is 5.56 Å². The molecule has 17 heavy (non-hydrogen) atoms. The van der Waals surface area contributed by atoms with Crippen molar-refractivity contribution in [2.24, 2.45) is 7.05 Å². The van der Waals surface area contributed by atoms with Crippen molar-refractivity contribution >= 4 is 5.69 Å². The molecule has 2 aromatic heterocycles. The van der Waals surface area contributed by atoms with Crippen molar-refractivity contribution in [3.63, 3.8) is 0 Å². The highest BCUT2D eigenvalue weighted by Gasteiger charge is 2.05. The van der Waals surface area contributed by atoms with E-state index in [1.54, 1.807) is 17.1 Å². The Morgan fingerprint density at radius 2 is 2.12 bits per heavy atom. The second-order valence-electron chi connectivity index (χ2n) is 3.72. The summed E-state index contributed by atoms with van der Waals surface area (Å²) in [4.78, 5) is 0. The number of halogens is 2. The van der Waals surface area contributed by atoms with Crippen LogP contribution in [0.25, 0.3) is 0 Å². The summed E-state index contributed by atoms with van der Waals surface area (Å²) < 4.78 is 27.1. The van der Waals surface area contributed by atoms with Gasteiger partial charge in [0, 0.05) is 31.5 Å². The number of rotatable bonds is 5. The lowest BCUT2D eigenvalue weighted by molar-refractivity contribution is 0.122. The minimum atomic E-state index is -2.39. The molecule has 0 atom stereocenters. The van der Waals surface area contributed by atoms with Gasteiger partial charge in [0.2, 0.25) is 0 Å². The fourth-order valence-electron chi connectivity index (χ4n) is 1.46. The molecule has 2 aromatic rings. The summed E-state index contributed by atoms with van der Waals surface area (Å²) in [5.41, 5.74) is 1.74. The van der Waals surface area contributed by atoms with Crippen molar-refractivity contribution in [1.82, 2.24) is 19.6 Å². The van der Waals surface area contributed by atoms with E-state index in [1.165, 1.54) is 10.9 Å². The third kappa shape index (κ3) is 3.27. The average Bonchev–Trinajstić information content (AvgIpc) is 2.84. The normalized spacial score (nSPS) is 11.1. The summed E-state index contributed by atoms with van der Waals surface area (Å²) in [7, 11) is 1.84. The van der Waals surface area contributed by atoms with Gasteiger partial charge in [-0.25, -0.2) is 8.78 Å². The van der Waals surface area contributed by atoms with Crippen LogP contribution >= 0.6 is 0 Å². The molecule has 0 spiro atoms. The molecule has 0 bridgehead atoms. The van der Waals surface area contributed by atoms with Crippen LogP contribution in [-0.4, -0.2) is 26.0 Å². The number of nitrogens with zero attached hydrogens (tertiary/aromatic N) is 4. The van der Waals surface area contributed by atoms with Gasteiger partial charge in [0.25, 0.3) is 6.43 Å². The van der Waals surface area contributed by atoms with Gasteiger partial charge in [-0.2, -0.15) is 10.2 Å². The summed E-state index contributed by atoms with van der Waals surface area (Å²) >= 11 is 0. The third-order valence-electron chi connectivity index (χ3n) is 2.21. The lowest BCUT2D eigenvalue weighted by Gasteiger charge is -2.00. The molecule has 0 saturated heterocycles. The molecule has 2 heterocycles. The highest BCUT2D eigenvalue weighted by molar-refractivity contribution is 5.38. The predicted molar refractivity (Wildman–Crippen MR) is 58.8 cm³/mol. The number of aromatic nitrogens is 4. The molecule has 5 nitrogen and oxygen atoms in total. The molecule has 92 valence electrons. The summed E-state index contributed by atoms with van der Waals surface area (Å²) in [6, 6.07) is 0. The average molecular weight is 241 g/mol. The van der Waals surface area contributed by atoms with Crippen LogP contribution in [0.15, 0.2) is 24.8 Å². The number of alkyl halides is 2. The summed E-state index contributed by atoms with van der Waals surface area (Å²) in [5, 5.41) is 10.9. The Morgan fingerprint density at radius 1 is 1.29 bits per heavy atom. The smallest absolute Gasteiger partial charge is 0.257 e. The van der Waals surface area contributed by atoms with Crippen LogP contribution in [0.3, 0.4) is 0 Å². The molecule has 0 aliphatic rings. The van der Waals surface area contributed by atoms with E-state index >= 15 is 0 Å². The Kier molecular flexibility index (Phi) is 3.36. The predicted octanol–water partition coefficient (Wildman–Crippen LogP) is 1.49. The zero-order valence-electron chi connectivity index (χ0n) is 9.35. The molecule has 7 heteroatoms. The van der Waals surface area contributed by atoms with Crippen molar-refractivity contribution in [1.29, 1.82) is 0 Å². The van der Waals surface area contributed by atoms with Crippen molar-refractivity contribution in [2.75, 3.05) is 5.32 Å². The lowest BCUT2D eigenvalue weighted by atomic mass is 10.3. The van der Waals surface area contributed by atoms with Gasteiger partial charge in [-0.3, -0.25) is 9.36 Å². The fraction of sp³-hybridized carbons (Fsp3) is 0.400. The zero-order chi connectivity index (χ0) is 12.3. The molecule has 2 rings (SSSR count). The highest BCUT2D eigenvalue weighted by atomic mass is 19.3. The molecule has 0 amide bonds. The van der Waals surface area contributed by atoms with E-state index in [1.807, 2.05) is 13.2 Å². The molecular weight excluding hydrogens is 228 g/mol. The van der Waals surface area contributed by atoms with Crippen LogP contribution in [-0.2, 0) is 20.1 Å². The van der Waals surface area contributed by atoms with Crippen LogP contribution in [0, 0.1) is 0 Å². The van der Waals surface area contributed by atoms with E-state index in [-0.39, 0.29) is 6.54 Å². The number of hydrogen-bond acceptors (Lipinski definition) is 3. The quantitative estimate of drug-likeness (QED) is 0.862. The van der Waals surface area contributed by atoms with Gasteiger partial charge < -0.3 is 5.32 Å². The number of aryl methyl sites for hydroxylation is 1. The summed E-state index contributed by atoms with van der Waals surface area (Å²) in [5.74, 6) is 0. The molecule has 0 fully saturated rings. The Balaban J connectivity index is 1.89. The fourth-order valence-corrected chi connectivity index (χ4v) is 1.46. The second-order valence-corrected chi connectivity index (χ2v) is 3.72. The minimum Gasteiger partial charge on any atom is -0.378 e. The molecule has 0 aliphatic heterocycles. The second kappa shape index (κ2) is 4.94. The molecule has 0 radical (unpaired) electrons. The third-order valence-corrected chi connectivity index (χ3v) is 2.21. The van der Waals surface area contributed by atoms with Gasteiger partial charge in [0.05, 0.1) is 18.1 Å². The molecular formula is C10H13F2N5.